The van der Waals surface area contributed by atoms with Crippen molar-refractivity contribution < 1.29 is 51.9 Å². The highest BCUT2D eigenvalue weighted by Gasteiger charge is 2.19. The summed E-state index contributed by atoms with van der Waals surface area (Å²) in [4.78, 5) is -1.94. The molecule has 8 N–H and O–H groups in total. The van der Waals surface area contributed by atoms with Gasteiger partial charge in [0.2, 0.25) is 0 Å². The first-order chi connectivity index (χ1) is 26.1. The second-order valence-electron chi connectivity index (χ2n) is 11.8. The van der Waals surface area contributed by atoms with Crippen LogP contribution in [0.4, 0.5) is 34.1 Å². The number of rotatable bonds is 10. The van der Waals surface area contributed by atoms with E-state index in [1.54, 1.807) is 0 Å². The van der Waals surface area contributed by atoms with E-state index in [9.17, 15) is 51.9 Å². The lowest BCUT2D eigenvalue weighted by Gasteiger charge is -2.08. The summed E-state index contributed by atoms with van der Waals surface area (Å²) in [7, 11) is -18.7. The van der Waals surface area contributed by atoms with Gasteiger partial charge in [0.1, 0.15) is 21.2 Å². The number of benzene rings is 6. The monoisotopic (exact) mass is 838 g/mol. The molecule has 0 saturated heterocycles. The van der Waals surface area contributed by atoms with E-state index < -0.39 is 50.3 Å². The third-order valence-electron chi connectivity index (χ3n) is 8.15. The van der Waals surface area contributed by atoms with Gasteiger partial charge in [0.05, 0.1) is 32.5 Å². The quantitative estimate of drug-likeness (QED) is 0.0345. The minimum Gasteiger partial charge on any atom is -0.396 e. The summed E-state index contributed by atoms with van der Waals surface area (Å²) in [5.74, 6) is 0. The fourth-order valence-electron chi connectivity index (χ4n) is 5.43. The van der Waals surface area contributed by atoms with E-state index >= 15 is 0 Å². The molecule has 0 unspecified atom stereocenters. The molecular weight excluding hydrogens is 813 g/mol. The molecule has 0 aliphatic heterocycles. The van der Waals surface area contributed by atoms with Gasteiger partial charge in [0.15, 0.2) is 0 Å². The highest BCUT2D eigenvalue weighted by atomic mass is 32.2. The number of nitrogens with zero attached hydrogens (tertiary/aromatic N) is 4. The van der Waals surface area contributed by atoms with E-state index in [0.717, 1.165) is 24.3 Å². The van der Waals surface area contributed by atoms with Gasteiger partial charge in [-0.1, -0.05) is 48.6 Å². The predicted molar refractivity (Wildman–Crippen MR) is 206 cm³/mol. The summed E-state index contributed by atoms with van der Waals surface area (Å²) in [5, 5.41) is 17.6. The van der Waals surface area contributed by atoms with Crippen LogP contribution in [0, 0.1) is 0 Å². The first-order valence-corrected chi connectivity index (χ1v) is 21.2. The van der Waals surface area contributed by atoms with Crippen LogP contribution in [0.15, 0.2) is 137 Å². The molecule has 0 spiro atoms. The predicted octanol–water partition coefficient (Wildman–Crippen LogP) is 7.15. The molecule has 6 aromatic rings. The SMILES string of the molecule is Nc1c(N=Nc2ccc(/C=C/c3ccc(N=Nc4ccc5cc(S(=O)(=O)O)ccc5c4N)cc3S(=O)(=O)O)c(S(=O)(=O)O)c2)ccc2cc(S(=O)(=O)O)ccc12. The summed E-state index contributed by atoms with van der Waals surface area (Å²) in [6.45, 7) is 0. The van der Waals surface area contributed by atoms with Gasteiger partial charge in [-0.05, 0) is 82.6 Å². The molecule has 0 amide bonds. The minimum absolute atomic E-state index is 0.0424. The molecule has 288 valence electrons. The Morgan fingerprint density at radius 3 is 1.14 bits per heavy atom. The van der Waals surface area contributed by atoms with Crippen LogP contribution in [0.5, 0.6) is 0 Å². The maximum atomic E-state index is 12.4. The number of fused-ring (bicyclic) bond motifs is 2. The van der Waals surface area contributed by atoms with Crippen LogP contribution < -0.4 is 11.5 Å². The number of nitrogen functional groups attached to an aromatic ring is 2. The van der Waals surface area contributed by atoms with Gasteiger partial charge >= 0.3 is 0 Å². The van der Waals surface area contributed by atoms with E-state index in [4.69, 9.17) is 11.5 Å². The standard InChI is InChI=1S/C34H26N6O12S4/c35-33-27-11-9-25(53(41,42)43)15-21(27)5-13-29(33)39-37-23-7-3-19(31(17-23)55(47,48)49)1-2-20-4-8-24(18-32(20)56(50,51)52)38-40-30-14-6-22-16-26(54(44,45)46)10-12-28(22)34(30)36/h1-18H,35-36H2,(H,41,42,43)(H,44,45,46)(H,47,48,49)(H,50,51,52)/b2-1+,39-37?,40-38?. The molecule has 0 atom stereocenters. The Morgan fingerprint density at radius 2 is 0.804 bits per heavy atom. The van der Waals surface area contributed by atoms with Crippen LogP contribution >= 0.6 is 0 Å². The minimum atomic E-state index is -4.89. The van der Waals surface area contributed by atoms with Gasteiger partial charge in [-0.15, -0.1) is 10.2 Å². The van der Waals surface area contributed by atoms with E-state index in [1.165, 1.54) is 84.9 Å². The molecule has 0 aliphatic carbocycles. The molecule has 0 radical (unpaired) electrons. The summed E-state index contributed by atoms with van der Waals surface area (Å²) >= 11 is 0. The van der Waals surface area contributed by atoms with Gasteiger partial charge in [0, 0.05) is 10.8 Å². The van der Waals surface area contributed by atoms with Gasteiger partial charge in [-0.25, -0.2) is 0 Å². The fourth-order valence-corrected chi connectivity index (χ4v) is 7.87. The molecule has 6 aromatic carbocycles. The van der Waals surface area contributed by atoms with Crippen LogP contribution in [-0.4, -0.2) is 51.9 Å². The van der Waals surface area contributed by atoms with Gasteiger partial charge in [-0.2, -0.15) is 43.9 Å². The van der Waals surface area contributed by atoms with Crippen molar-refractivity contribution in [2.75, 3.05) is 11.5 Å². The van der Waals surface area contributed by atoms with Crippen molar-refractivity contribution in [2.45, 2.75) is 19.6 Å². The molecule has 0 bridgehead atoms. The number of hydrogen-bond acceptors (Lipinski definition) is 14. The molecule has 6 rings (SSSR count). The van der Waals surface area contributed by atoms with E-state index in [0.29, 0.717) is 21.5 Å². The summed E-state index contributed by atoms with van der Waals surface area (Å²) in [6.07, 6.45) is 2.33. The van der Waals surface area contributed by atoms with Crippen molar-refractivity contribution in [3.05, 3.63) is 108 Å². The Morgan fingerprint density at radius 1 is 0.429 bits per heavy atom. The smallest absolute Gasteiger partial charge is 0.295 e. The fraction of sp³-hybridized carbons (Fsp3) is 0. The van der Waals surface area contributed by atoms with E-state index in [1.807, 2.05) is 0 Å². The number of azo groups is 2. The van der Waals surface area contributed by atoms with Crippen LogP contribution in [0.1, 0.15) is 11.1 Å². The number of nitrogens with two attached hydrogens (primary N) is 2. The number of anilines is 2. The first-order valence-electron chi connectivity index (χ1n) is 15.4. The van der Waals surface area contributed by atoms with Crippen molar-refractivity contribution in [3.8, 4) is 0 Å². The summed E-state index contributed by atoms with van der Waals surface area (Å²) < 4.78 is 134. The second-order valence-corrected chi connectivity index (χ2v) is 17.5. The zero-order valence-electron chi connectivity index (χ0n) is 28.0. The van der Waals surface area contributed by atoms with Crippen molar-refractivity contribution in [2.24, 2.45) is 20.5 Å². The van der Waals surface area contributed by atoms with Crippen molar-refractivity contribution in [3.63, 3.8) is 0 Å². The molecule has 0 heterocycles. The number of hydrogen-bond donors (Lipinski definition) is 6. The Hall–Kier alpha value is -5.98. The molecular formula is C34H26N6O12S4. The average molecular weight is 839 g/mol. The molecule has 0 fully saturated rings. The average Bonchev–Trinajstić information content (AvgIpc) is 3.12. The molecule has 22 heteroatoms. The van der Waals surface area contributed by atoms with Crippen LogP contribution in [0.2, 0.25) is 0 Å². The Labute approximate surface area is 318 Å². The van der Waals surface area contributed by atoms with Crippen LogP contribution in [-0.2, 0) is 40.5 Å². The van der Waals surface area contributed by atoms with Crippen LogP contribution in [0.25, 0.3) is 33.7 Å². The highest BCUT2D eigenvalue weighted by Crippen LogP contribution is 2.36. The maximum absolute atomic E-state index is 12.4. The zero-order chi connectivity index (χ0) is 40.8. The topological polar surface area (TPSA) is 319 Å². The van der Waals surface area contributed by atoms with E-state index in [-0.39, 0.29) is 55.0 Å². The lowest BCUT2D eigenvalue weighted by Crippen LogP contribution is -2.01. The van der Waals surface area contributed by atoms with Crippen molar-refractivity contribution in [1.82, 2.24) is 0 Å². The lowest BCUT2D eigenvalue weighted by molar-refractivity contribution is 0.480. The maximum Gasteiger partial charge on any atom is 0.295 e. The third kappa shape index (κ3) is 8.61. The zero-order valence-corrected chi connectivity index (χ0v) is 31.3. The lowest BCUT2D eigenvalue weighted by atomic mass is 10.1. The molecule has 18 nitrogen and oxygen atoms in total. The third-order valence-corrected chi connectivity index (χ3v) is 11.7. The molecule has 56 heavy (non-hydrogen) atoms. The van der Waals surface area contributed by atoms with Gasteiger partial charge < -0.3 is 11.5 Å². The molecule has 0 saturated carbocycles. The summed E-state index contributed by atoms with van der Waals surface area (Å²) in [5.41, 5.74) is 12.5. The first kappa shape index (κ1) is 39.7. The Kier molecular flexibility index (Phi) is 10.3. The van der Waals surface area contributed by atoms with Crippen molar-refractivity contribution >= 4 is 108 Å². The normalized spacial score (nSPS) is 13.1. The molecule has 0 aromatic heterocycles. The van der Waals surface area contributed by atoms with Gasteiger partial charge in [-0.3, -0.25) is 18.2 Å². The Balaban J connectivity index is 1.28. The van der Waals surface area contributed by atoms with Gasteiger partial charge in [0.25, 0.3) is 40.5 Å². The van der Waals surface area contributed by atoms with Crippen LogP contribution in [0.3, 0.4) is 0 Å². The molecule has 0 aliphatic rings. The Bertz CT molecular complexity index is 2960. The van der Waals surface area contributed by atoms with Crippen molar-refractivity contribution in [1.29, 1.82) is 0 Å². The second kappa shape index (κ2) is 14.6. The highest BCUT2D eigenvalue weighted by molar-refractivity contribution is 7.86. The largest absolute Gasteiger partial charge is 0.396 e. The van der Waals surface area contributed by atoms with E-state index in [2.05, 4.69) is 20.5 Å². The summed E-state index contributed by atoms with van der Waals surface area (Å²) in [6, 6.07) is 20.4.